The van der Waals surface area contributed by atoms with E-state index in [0.29, 0.717) is 11.5 Å². The van der Waals surface area contributed by atoms with Gasteiger partial charge in [-0.1, -0.05) is 34.1 Å². The van der Waals surface area contributed by atoms with Crippen LogP contribution in [0.25, 0.3) is 0 Å². The second-order valence-electron chi connectivity index (χ2n) is 7.78. The Bertz CT molecular complexity index is 276. The maximum Gasteiger partial charge on any atom is 0.0159 e. The molecule has 1 fully saturated rings. The smallest absolute Gasteiger partial charge is 0.0159 e. The summed E-state index contributed by atoms with van der Waals surface area (Å²) in [4.78, 5) is 4.99. The summed E-state index contributed by atoms with van der Waals surface area (Å²) in [6.45, 7) is 15.4. The lowest BCUT2D eigenvalue weighted by Crippen LogP contribution is -2.53. The van der Waals surface area contributed by atoms with E-state index in [1.54, 1.807) is 0 Å². The lowest BCUT2D eigenvalue weighted by molar-refractivity contribution is 0.0776. The molecule has 0 aromatic heterocycles. The van der Waals surface area contributed by atoms with E-state index in [0.717, 1.165) is 12.5 Å². The van der Waals surface area contributed by atoms with Gasteiger partial charge in [-0.05, 0) is 57.8 Å². The largest absolute Gasteiger partial charge is 0.313 e. The third-order valence-corrected chi connectivity index (χ3v) is 5.03. The molecule has 0 bridgehead atoms. The van der Waals surface area contributed by atoms with Crippen LogP contribution in [-0.4, -0.2) is 62.7 Å². The molecule has 0 radical (unpaired) electrons. The molecule has 3 heteroatoms. The predicted molar refractivity (Wildman–Crippen MR) is 93.9 cm³/mol. The van der Waals surface area contributed by atoms with Crippen molar-refractivity contribution in [2.75, 3.05) is 46.8 Å². The molecule has 2 atom stereocenters. The van der Waals surface area contributed by atoms with E-state index in [-0.39, 0.29) is 0 Å². The highest BCUT2D eigenvalue weighted by Gasteiger charge is 2.38. The van der Waals surface area contributed by atoms with Crippen LogP contribution in [0.2, 0.25) is 0 Å². The van der Waals surface area contributed by atoms with Crippen molar-refractivity contribution in [2.45, 2.75) is 59.4 Å². The summed E-state index contributed by atoms with van der Waals surface area (Å²) in [6.07, 6.45) is 5.42. The Morgan fingerprint density at radius 3 is 2.38 bits per heavy atom. The summed E-state index contributed by atoms with van der Waals surface area (Å²) >= 11 is 0. The molecule has 1 aliphatic carbocycles. The Labute approximate surface area is 133 Å². The first-order valence-electron chi connectivity index (χ1n) is 9.01. The monoisotopic (exact) mass is 297 g/mol. The minimum absolute atomic E-state index is 0.443. The fourth-order valence-corrected chi connectivity index (χ4v) is 3.92. The predicted octanol–water partition coefficient (Wildman–Crippen LogP) is 3.06. The zero-order chi connectivity index (χ0) is 15.9. The highest BCUT2D eigenvalue weighted by Crippen LogP contribution is 2.39. The van der Waals surface area contributed by atoms with Crippen LogP contribution in [0.3, 0.4) is 0 Å². The van der Waals surface area contributed by atoms with Crippen LogP contribution in [-0.2, 0) is 0 Å². The maximum absolute atomic E-state index is 3.80. The van der Waals surface area contributed by atoms with Crippen LogP contribution in [0.4, 0.5) is 0 Å². The third-order valence-electron chi connectivity index (χ3n) is 5.03. The number of hydrogen-bond acceptors (Lipinski definition) is 3. The van der Waals surface area contributed by atoms with Crippen molar-refractivity contribution in [3.05, 3.63) is 0 Å². The Kier molecular flexibility index (Phi) is 8.22. The van der Waals surface area contributed by atoms with E-state index >= 15 is 0 Å². The molecule has 1 saturated carbocycles. The molecule has 3 nitrogen and oxygen atoms in total. The van der Waals surface area contributed by atoms with Crippen molar-refractivity contribution >= 4 is 0 Å². The Morgan fingerprint density at radius 2 is 1.81 bits per heavy atom. The molecule has 0 saturated heterocycles. The van der Waals surface area contributed by atoms with E-state index in [1.165, 1.54) is 51.9 Å². The normalized spacial score (nSPS) is 25.7. The van der Waals surface area contributed by atoms with Gasteiger partial charge >= 0.3 is 0 Å². The maximum atomic E-state index is 3.80. The van der Waals surface area contributed by atoms with Crippen molar-refractivity contribution in [3.8, 4) is 0 Å². The summed E-state index contributed by atoms with van der Waals surface area (Å²) < 4.78 is 0. The summed E-state index contributed by atoms with van der Waals surface area (Å²) in [5.41, 5.74) is 0.443. The molecule has 0 spiro atoms. The highest BCUT2D eigenvalue weighted by atomic mass is 15.2. The van der Waals surface area contributed by atoms with Gasteiger partial charge < -0.3 is 15.1 Å². The minimum atomic E-state index is 0.443. The fraction of sp³-hybridized carbons (Fsp3) is 1.00. The van der Waals surface area contributed by atoms with E-state index in [4.69, 9.17) is 0 Å². The van der Waals surface area contributed by atoms with Crippen molar-refractivity contribution in [1.82, 2.24) is 15.1 Å². The van der Waals surface area contributed by atoms with E-state index in [2.05, 4.69) is 56.9 Å². The van der Waals surface area contributed by atoms with Gasteiger partial charge in [0, 0.05) is 25.7 Å². The summed E-state index contributed by atoms with van der Waals surface area (Å²) in [5, 5.41) is 3.80. The first-order valence-corrected chi connectivity index (χ1v) is 9.01. The second-order valence-corrected chi connectivity index (χ2v) is 7.78. The molecular formula is C18H39N3. The average molecular weight is 298 g/mol. The van der Waals surface area contributed by atoms with Crippen molar-refractivity contribution in [2.24, 2.45) is 11.3 Å². The second kappa shape index (κ2) is 9.12. The Balaban J connectivity index is 2.65. The minimum Gasteiger partial charge on any atom is -0.313 e. The molecule has 21 heavy (non-hydrogen) atoms. The number of rotatable bonds is 9. The molecule has 126 valence electrons. The first-order chi connectivity index (χ1) is 9.90. The van der Waals surface area contributed by atoms with Gasteiger partial charge in [0.15, 0.2) is 0 Å². The topological polar surface area (TPSA) is 18.5 Å². The number of nitrogens with zero attached hydrogens (tertiary/aromatic N) is 2. The zero-order valence-electron chi connectivity index (χ0n) is 15.4. The fourth-order valence-electron chi connectivity index (χ4n) is 3.92. The van der Waals surface area contributed by atoms with E-state index in [9.17, 15) is 0 Å². The molecule has 0 heterocycles. The first kappa shape index (κ1) is 18.9. The molecule has 1 N–H and O–H groups in total. The Morgan fingerprint density at radius 1 is 1.10 bits per heavy atom. The van der Waals surface area contributed by atoms with Gasteiger partial charge in [0.05, 0.1) is 0 Å². The molecule has 0 aromatic rings. The number of nitrogens with one attached hydrogen (secondary N) is 1. The zero-order valence-corrected chi connectivity index (χ0v) is 15.4. The lowest BCUT2D eigenvalue weighted by atomic mass is 9.67. The lowest BCUT2D eigenvalue weighted by Gasteiger charge is -2.46. The third kappa shape index (κ3) is 6.25. The average Bonchev–Trinajstić information content (AvgIpc) is 2.40. The van der Waals surface area contributed by atoms with Gasteiger partial charge in [0.25, 0.3) is 0 Å². The number of likely N-dealkylation sites (N-methyl/N-ethyl adjacent to an activating group) is 1. The van der Waals surface area contributed by atoms with Crippen molar-refractivity contribution in [3.63, 3.8) is 0 Å². The SMILES string of the molecule is CCCN(CCN(C)C)CC1CCCC(C)(C)C1NCC. The van der Waals surface area contributed by atoms with Crippen LogP contribution in [0, 0.1) is 11.3 Å². The molecule has 0 amide bonds. The molecule has 1 aliphatic rings. The molecule has 1 rings (SSSR count). The summed E-state index contributed by atoms with van der Waals surface area (Å²) in [6, 6.07) is 0.676. The molecule has 0 aliphatic heterocycles. The molecule has 0 aromatic carbocycles. The van der Waals surface area contributed by atoms with Gasteiger partial charge in [0.1, 0.15) is 0 Å². The van der Waals surface area contributed by atoms with Crippen LogP contribution in [0.15, 0.2) is 0 Å². The summed E-state index contributed by atoms with van der Waals surface area (Å²) in [5.74, 6) is 0.808. The quantitative estimate of drug-likeness (QED) is 0.705. The van der Waals surface area contributed by atoms with Crippen LogP contribution in [0.5, 0.6) is 0 Å². The van der Waals surface area contributed by atoms with E-state index in [1.807, 2.05) is 0 Å². The van der Waals surface area contributed by atoms with Gasteiger partial charge in [0.2, 0.25) is 0 Å². The van der Waals surface area contributed by atoms with Crippen LogP contribution in [0.1, 0.15) is 53.4 Å². The van der Waals surface area contributed by atoms with Gasteiger partial charge in [-0.25, -0.2) is 0 Å². The van der Waals surface area contributed by atoms with Gasteiger partial charge in [-0.3, -0.25) is 0 Å². The van der Waals surface area contributed by atoms with Crippen LogP contribution < -0.4 is 5.32 Å². The van der Waals surface area contributed by atoms with E-state index < -0.39 is 0 Å². The van der Waals surface area contributed by atoms with Crippen molar-refractivity contribution < 1.29 is 0 Å². The molecule has 2 unspecified atom stereocenters. The summed E-state index contributed by atoms with van der Waals surface area (Å²) in [7, 11) is 4.35. The standard InChI is InChI=1S/C18H39N3/c1-7-12-21(14-13-20(5)6)15-16-10-9-11-18(3,4)17(16)19-8-2/h16-17,19H,7-15H2,1-6H3. The Hall–Kier alpha value is -0.120. The van der Waals surface area contributed by atoms with Crippen LogP contribution >= 0.6 is 0 Å². The van der Waals surface area contributed by atoms with Gasteiger partial charge in [-0.15, -0.1) is 0 Å². The molecular weight excluding hydrogens is 258 g/mol. The highest BCUT2D eigenvalue weighted by molar-refractivity contribution is 4.94. The number of hydrogen-bond donors (Lipinski definition) is 1. The van der Waals surface area contributed by atoms with Gasteiger partial charge in [-0.2, -0.15) is 0 Å². The van der Waals surface area contributed by atoms with Crippen molar-refractivity contribution in [1.29, 1.82) is 0 Å².